The van der Waals surface area contributed by atoms with E-state index in [1.165, 1.54) is 12.1 Å². The molecule has 2 aromatic rings. The lowest BCUT2D eigenvalue weighted by Gasteiger charge is -2.15. The highest BCUT2D eigenvalue weighted by molar-refractivity contribution is 14.1. The maximum absolute atomic E-state index is 13.1. The Labute approximate surface area is 141 Å². The minimum Gasteiger partial charge on any atom is -0.497 e. The van der Waals surface area contributed by atoms with Crippen molar-refractivity contribution in [2.24, 2.45) is 0 Å². The van der Waals surface area contributed by atoms with Gasteiger partial charge in [0.1, 0.15) is 11.6 Å². The molecular formula is C14H10Br2FIO. The summed E-state index contributed by atoms with van der Waals surface area (Å²) in [7, 11) is 1.63. The van der Waals surface area contributed by atoms with Crippen LogP contribution in [0.4, 0.5) is 4.39 Å². The Bertz CT molecular complexity index is 604. The zero-order valence-corrected chi connectivity index (χ0v) is 15.3. The van der Waals surface area contributed by atoms with Crippen LogP contribution in [0.3, 0.4) is 0 Å². The molecule has 2 rings (SSSR count). The third-order valence-corrected chi connectivity index (χ3v) is 5.32. The number of methoxy groups -OCH3 is 1. The van der Waals surface area contributed by atoms with Gasteiger partial charge in [-0.05, 0) is 58.0 Å². The van der Waals surface area contributed by atoms with Crippen LogP contribution in [-0.4, -0.2) is 7.11 Å². The Hall–Kier alpha value is -0.140. The van der Waals surface area contributed by atoms with Crippen LogP contribution in [0.5, 0.6) is 5.75 Å². The first-order chi connectivity index (χ1) is 9.02. The summed E-state index contributed by atoms with van der Waals surface area (Å²) >= 11 is 9.35. The standard InChI is InChI=1S/C14H10Br2FIO/c1-19-9-3-5-10(12(15)7-9)14(16)11-4-2-8(17)6-13(11)18/h2-7,14H,1H3. The molecule has 19 heavy (non-hydrogen) atoms. The number of halogens is 4. The summed E-state index contributed by atoms with van der Waals surface area (Å²) in [6, 6.07) is 10.6. The van der Waals surface area contributed by atoms with E-state index in [1.807, 2.05) is 18.2 Å². The molecule has 5 heteroatoms. The molecular weight excluding hydrogens is 490 g/mol. The van der Waals surface area contributed by atoms with Crippen LogP contribution < -0.4 is 4.74 Å². The second kappa shape index (κ2) is 6.54. The van der Waals surface area contributed by atoms with Crippen molar-refractivity contribution >= 4 is 54.5 Å². The summed E-state index contributed by atoms with van der Waals surface area (Å²) in [5, 5.41) is 0. The van der Waals surface area contributed by atoms with Crippen molar-refractivity contribution in [1.29, 1.82) is 0 Å². The van der Waals surface area contributed by atoms with E-state index >= 15 is 0 Å². The highest BCUT2D eigenvalue weighted by Crippen LogP contribution is 2.38. The Morgan fingerprint density at radius 2 is 1.84 bits per heavy atom. The topological polar surface area (TPSA) is 9.23 Å². The molecule has 1 atom stereocenters. The normalized spacial score (nSPS) is 12.3. The summed E-state index contributed by atoms with van der Waals surface area (Å²) in [5.74, 6) is 0.575. The molecule has 0 saturated carbocycles. The SMILES string of the molecule is COc1ccc(C(Br)c2ccc(F)cc2I)c(Br)c1. The Kier molecular flexibility index (Phi) is 5.25. The number of hydrogen-bond acceptors (Lipinski definition) is 1. The molecule has 100 valence electrons. The summed E-state index contributed by atoms with van der Waals surface area (Å²) < 4.78 is 20.2. The van der Waals surface area contributed by atoms with E-state index in [1.54, 1.807) is 13.2 Å². The number of alkyl halides is 1. The van der Waals surface area contributed by atoms with E-state index < -0.39 is 0 Å². The molecule has 2 aromatic carbocycles. The zero-order chi connectivity index (χ0) is 14.0. The van der Waals surface area contributed by atoms with Crippen molar-refractivity contribution in [3.63, 3.8) is 0 Å². The highest BCUT2D eigenvalue weighted by atomic mass is 127. The van der Waals surface area contributed by atoms with Gasteiger partial charge in [0.25, 0.3) is 0 Å². The minimum atomic E-state index is -0.221. The van der Waals surface area contributed by atoms with Gasteiger partial charge in [-0.2, -0.15) is 0 Å². The Morgan fingerprint density at radius 3 is 2.42 bits per heavy atom. The highest BCUT2D eigenvalue weighted by Gasteiger charge is 2.17. The Balaban J connectivity index is 2.41. The van der Waals surface area contributed by atoms with Gasteiger partial charge in [0.2, 0.25) is 0 Å². The molecule has 1 nitrogen and oxygen atoms in total. The maximum atomic E-state index is 13.1. The molecule has 0 N–H and O–H groups in total. The average molecular weight is 500 g/mol. The largest absolute Gasteiger partial charge is 0.497 e. The molecule has 0 fully saturated rings. The molecule has 0 radical (unpaired) electrons. The second-order valence-electron chi connectivity index (χ2n) is 3.92. The molecule has 0 aliphatic carbocycles. The van der Waals surface area contributed by atoms with E-state index in [4.69, 9.17) is 4.74 Å². The first-order valence-electron chi connectivity index (χ1n) is 5.45. The van der Waals surface area contributed by atoms with Gasteiger partial charge >= 0.3 is 0 Å². The molecule has 0 saturated heterocycles. The zero-order valence-electron chi connectivity index (χ0n) is 9.96. The van der Waals surface area contributed by atoms with Gasteiger partial charge in [-0.15, -0.1) is 0 Å². The smallest absolute Gasteiger partial charge is 0.124 e. The third kappa shape index (κ3) is 3.49. The third-order valence-electron chi connectivity index (χ3n) is 2.72. The van der Waals surface area contributed by atoms with Gasteiger partial charge in [-0.3, -0.25) is 0 Å². The van der Waals surface area contributed by atoms with Crippen LogP contribution in [0.2, 0.25) is 0 Å². The second-order valence-corrected chi connectivity index (χ2v) is 6.85. The lowest BCUT2D eigenvalue weighted by Crippen LogP contribution is -1.98. The predicted octanol–water partition coefficient (Wildman–Crippen LogP) is 5.69. The fraction of sp³-hybridized carbons (Fsp3) is 0.143. The Morgan fingerprint density at radius 1 is 1.16 bits per heavy atom. The predicted molar refractivity (Wildman–Crippen MR) is 90.6 cm³/mol. The van der Waals surface area contributed by atoms with Crippen molar-refractivity contribution < 1.29 is 9.13 Å². The van der Waals surface area contributed by atoms with Gasteiger partial charge in [-0.1, -0.05) is 44.0 Å². The summed E-state index contributed by atoms with van der Waals surface area (Å²) in [4.78, 5) is 0.000260. The van der Waals surface area contributed by atoms with Gasteiger partial charge in [0, 0.05) is 8.04 Å². The van der Waals surface area contributed by atoms with Crippen molar-refractivity contribution in [3.05, 3.63) is 61.4 Å². The fourth-order valence-corrected chi connectivity index (χ4v) is 4.62. The molecule has 0 spiro atoms. The minimum absolute atomic E-state index is 0.000260. The van der Waals surface area contributed by atoms with Crippen LogP contribution in [0.25, 0.3) is 0 Å². The molecule has 0 aliphatic heterocycles. The van der Waals surface area contributed by atoms with Crippen LogP contribution in [0.15, 0.2) is 40.9 Å². The van der Waals surface area contributed by atoms with Crippen LogP contribution in [-0.2, 0) is 0 Å². The summed E-state index contributed by atoms with van der Waals surface area (Å²) in [5.41, 5.74) is 2.11. The fourth-order valence-electron chi connectivity index (χ4n) is 1.71. The number of benzene rings is 2. The van der Waals surface area contributed by atoms with E-state index in [2.05, 4.69) is 54.5 Å². The van der Waals surface area contributed by atoms with Crippen molar-refractivity contribution in [3.8, 4) is 5.75 Å². The quantitative estimate of drug-likeness (QED) is 0.390. The van der Waals surface area contributed by atoms with Crippen LogP contribution >= 0.6 is 54.5 Å². The van der Waals surface area contributed by atoms with Crippen molar-refractivity contribution in [1.82, 2.24) is 0 Å². The van der Waals surface area contributed by atoms with E-state index in [9.17, 15) is 4.39 Å². The number of ether oxygens (including phenoxy) is 1. The van der Waals surface area contributed by atoms with Gasteiger partial charge in [0.15, 0.2) is 0 Å². The maximum Gasteiger partial charge on any atom is 0.124 e. The molecule has 0 heterocycles. The van der Waals surface area contributed by atoms with E-state index in [0.29, 0.717) is 0 Å². The van der Waals surface area contributed by atoms with Crippen molar-refractivity contribution in [2.45, 2.75) is 4.83 Å². The van der Waals surface area contributed by atoms with Crippen LogP contribution in [0.1, 0.15) is 16.0 Å². The number of rotatable bonds is 3. The molecule has 0 amide bonds. The summed E-state index contributed by atoms with van der Waals surface area (Å²) in [6.45, 7) is 0. The van der Waals surface area contributed by atoms with Gasteiger partial charge < -0.3 is 4.74 Å². The first kappa shape index (κ1) is 15.3. The summed E-state index contributed by atoms with van der Waals surface area (Å²) in [6.07, 6.45) is 0. The van der Waals surface area contributed by atoms with Crippen LogP contribution in [0, 0.1) is 9.39 Å². The van der Waals surface area contributed by atoms with Crippen molar-refractivity contribution in [2.75, 3.05) is 7.11 Å². The molecule has 0 bridgehead atoms. The molecule has 0 aromatic heterocycles. The average Bonchev–Trinajstić information content (AvgIpc) is 2.37. The number of hydrogen-bond donors (Lipinski definition) is 0. The first-order valence-corrected chi connectivity index (χ1v) is 8.24. The van der Waals surface area contributed by atoms with Gasteiger partial charge in [0.05, 0.1) is 11.9 Å². The lowest BCUT2D eigenvalue weighted by molar-refractivity contribution is 0.414. The molecule has 0 aliphatic rings. The van der Waals surface area contributed by atoms with E-state index in [0.717, 1.165) is 24.9 Å². The lowest BCUT2D eigenvalue weighted by atomic mass is 10.0. The van der Waals surface area contributed by atoms with E-state index in [-0.39, 0.29) is 10.6 Å². The molecule has 1 unspecified atom stereocenters. The monoisotopic (exact) mass is 498 g/mol. The van der Waals surface area contributed by atoms with Gasteiger partial charge in [-0.25, -0.2) is 4.39 Å².